The van der Waals surface area contributed by atoms with E-state index in [1.54, 1.807) is 12.1 Å². The summed E-state index contributed by atoms with van der Waals surface area (Å²) in [6, 6.07) is 7.29. The van der Waals surface area contributed by atoms with E-state index in [1.165, 1.54) is 7.05 Å². The number of hydrogen-bond acceptors (Lipinski definition) is 4. The third-order valence-corrected chi connectivity index (χ3v) is 6.54. The van der Waals surface area contributed by atoms with E-state index in [0.717, 1.165) is 25.3 Å². The first kappa shape index (κ1) is 14.8. The van der Waals surface area contributed by atoms with Gasteiger partial charge in [-0.2, -0.15) is 0 Å². The van der Waals surface area contributed by atoms with Crippen LogP contribution in [0.5, 0.6) is 0 Å². The summed E-state index contributed by atoms with van der Waals surface area (Å²) in [5.74, 6) is 1.15. The molecule has 2 atom stereocenters. The maximum Gasteiger partial charge on any atom is 0.242 e. The van der Waals surface area contributed by atoms with Gasteiger partial charge in [0, 0.05) is 25.2 Å². The summed E-state index contributed by atoms with van der Waals surface area (Å²) in [7, 11) is -1.99. The maximum absolute atomic E-state index is 12.3. The largest absolute Gasteiger partial charge is 0.365 e. The Bertz CT molecular complexity index is 642. The quantitative estimate of drug-likeness (QED) is 0.875. The standard InChI is InChI=1S/C15H23N3O2S/c1-15(2)12-9-17-8-11(12)10-18(15)13-6-4-5-7-14(13)21(19,20)16-3/h4-7,11-12,16-17H,8-10H2,1-3H3. The average Bonchev–Trinajstić information content (AvgIpc) is 3.01. The van der Waals surface area contributed by atoms with Gasteiger partial charge >= 0.3 is 0 Å². The lowest BCUT2D eigenvalue weighted by Crippen LogP contribution is -2.45. The minimum Gasteiger partial charge on any atom is -0.365 e. The van der Waals surface area contributed by atoms with Crippen molar-refractivity contribution in [3.05, 3.63) is 24.3 Å². The first-order valence-corrected chi connectivity index (χ1v) is 8.87. The van der Waals surface area contributed by atoms with Gasteiger partial charge in [0.25, 0.3) is 0 Å². The summed E-state index contributed by atoms with van der Waals surface area (Å²) in [4.78, 5) is 2.64. The molecule has 0 aromatic heterocycles. The highest BCUT2D eigenvalue weighted by Crippen LogP contribution is 2.44. The van der Waals surface area contributed by atoms with E-state index in [1.807, 2.05) is 12.1 Å². The molecule has 0 spiro atoms. The van der Waals surface area contributed by atoms with E-state index in [-0.39, 0.29) is 5.54 Å². The Hall–Kier alpha value is -1.11. The van der Waals surface area contributed by atoms with Crippen LogP contribution >= 0.6 is 0 Å². The summed E-state index contributed by atoms with van der Waals surface area (Å²) in [6.45, 7) is 7.36. The highest BCUT2D eigenvalue weighted by molar-refractivity contribution is 7.89. The molecule has 0 amide bonds. The summed E-state index contributed by atoms with van der Waals surface area (Å²) >= 11 is 0. The molecule has 5 nitrogen and oxygen atoms in total. The zero-order chi connectivity index (χ0) is 15.3. The van der Waals surface area contributed by atoms with E-state index < -0.39 is 10.0 Å². The number of fused-ring (bicyclic) bond motifs is 1. The number of sulfonamides is 1. The fourth-order valence-electron chi connectivity index (χ4n) is 3.85. The SMILES string of the molecule is CNS(=O)(=O)c1ccccc1N1CC2CNCC2C1(C)C. The normalized spacial score (nSPS) is 27.9. The second-order valence-corrected chi connectivity index (χ2v) is 8.32. The number of nitrogens with zero attached hydrogens (tertiary/aromatic N) is 1. The highest BCUT2D eigenvalue weighted by atomic mass is 32.2. The molecule has 6 heteroatoms. The van der Waals surface area contributed by atoms with Gasteiger partial charge in [-0.05, 0) is 44.9 Å². The minimum atomic E-state index is -3.45. The van der Waals surface area contributed by atoms with E-state index in [9.17, 15) is 8.42 Å². The molecule has 21 heavy (non-hydrogen) atoms. The highest BCUT2D eigenvalue weighted by Gasteiger charge is 2.50. The van der Waals surface area contributed by atoms with Crippen molar-refractivity contribution in [3.63, 3.8) is 0 Å². The van der Waals surface area contributed by atoms with Gasteiger partial charge in [-0.1, -0.05) is 12.1 Å². The molecule has 2 saturated heterocycles. The molecule has 2 aliphatic rings. The Morgan fingerprint density at radius 2 is 2.00 bits per heavy atom. The van der Waals surface area contributed by atoms with Crippen molar-refractivity contribution < 1.29 is 8.42 Å². The third kappa shape index (κ3) is 2.25. The Kier molecular flexibility index (Phi) is 3.50. The number of anilines is 1. The van der Waals surface area contributed by atoms with Crippen molar-refractivity contribution in [1.29, 1.82) is 0 Å². The molecular weight excluding hydrogens is 286 g/mol. The molecule has 2 unspecified atom stereocenters. The lowest BCUT2D eigenvalue weighted by atomic mass is 9.85. The molecule has 0 bridgehead atoms. The third-order valence-electron chi connectivity index (χ3n) is 5.07. The van der Waals surface area contributed by atoms with Crippen molar-refractivity contribution in [2.75, 3.05) is 31.6 Å². The van der Waals surface area contributed by atoms with Crippen molar-refractivity contribution in [2.24, 2.45) is 11.8 Å². The zero-order valence-corrected chi connectivity index (χ0v) is 13.6. The molecule has 3 rings (SSSR count). The van der Waals surface area contributed by atoms with Gasteiger partial charge in [0.1, 0.15) is 4.90 Å². The van der Waals surface area contributed by atoms with Gasteiger partial charge in [0.05, 0.1) is 5.69 Å². The number of nitrogens with one attached hydrogen (secondary N) is 2. The van der Waals surface area contributed by atoms with Gasteiger partial charge in [0.2, 0.25) is 10.0 Å². The van der Waals surface area contributed by atoms with Crippen LogP contribution in [0.1, 0.15) is 13.8 Å². The molecule has 0 saturated carbocycles. The number of hydrogen-bond donors (Lipinski definition) is 2. The molecule has 116 valence electrons. The Labute approximate surface area is 126 Å². The maximum atomic E-state index is 12.3. The van der Waals surface area contributed by atoms with Crippen LogP contribution in [-0.2, 0) is 10.0 Å². The molecule has 1 aromatic rings. The van der Waals surface area contributed by atoms with Gasteiger partial charge in [0.15, 0.2) is 0 Å². The Balaban J connectivity index is 2.06. The van der Waals surface area contributed by atoms with E-state index >= 15 is 0 Å². The lowest BCUT2D eigenvalue weighted by Gasteiger charge is -2.38. The van der Waals surface area contributed by atoms with Crippen LogP contribution in [-0.4, -0.2) is 40.6 Å². The lowest BCUT2D eigenvalue weighted by molar-refractivity contribution is 0.356. The van der Waals surface area contributed by atoms with Crippen LogP contribution < -0.4 is 14.9 Å². The number of para-hydroxylation sites is 1. The van der Waals surface area contributed by atoms with Crippen molar-refractivity contribution >= 4 is 15.7 Å². The van der Waals surface area contributed by atoms with Gasteiger partial charge in [-0.25, -0.2) is 13.1 Å². The topological polar surface area (TPSA) is 61.4 Å². The molecule has 0 aliphatic carbocycles. The Morgan fingerprint density at radius 1 is 1.29 bits per heavy atom. The number of rotatable bonds is 3. The second-order valence-electron chi connectivity index (χ2n) is 6.46. The second kappa shape index (κ2) is 4.97. The van der Waals surface area contributed by atoms with Gasteiger partial charge in [-0.15, -0.1) is 0 Å². The van der Waals surface area contributed by atoms with Crippen molar-refractivity contribution in [1.82, 2.24) is 10.0 Å². The van der Waals surface area contributed by atoms with Crippen LogP contribution in [0.4, 0.5) is 5.69 Å². The molecule has 0 radical (unpaired) electrons. The fourth-order valence-corrected chi connectivity index (χ4v) is 4.78. The van der Waals surface area contributed by atoms with Crippen molar-refractivity contribution in [3.8, 4) is 0 Å². The molecule has 2 aliphatic heterocycles. The summed E-state index contributed by atoms with van der Waals surface area (Å²) in [6.07, 6.45) is 0. The summed E-state index contributed by atoms with van der Waals surface area (Å²) < 4.78 is 27.0. The molecule has 2 N–H and O–H groups in total. The Morgan fingerprint density at radius 3 is 2.67 bits per heavy atom. The predicted octanol–water partition coefficient (Wildman–Crippen LogP) is 1.03. The van der Waals surface area contributed by atoms with Crippen LogP contribution in [0.25, 0.3) is 0 Å². The molecule has 1 aromatic carbocycles. The monoisotopic (exact) mass is 309 g/mol. The molecule has 2 fully saturated rings. The first-order chi connectivity index (χ1) is 9.88. The van der Waals surface area contributed by atoms with Gasteiger partial charge < -0.3 is 10.2 Å². The minimum absolute atomic E-state index is 0.0481. The van der Waals surface area contributed by atoms with E-state index in [2.05, 4.69) is 28.8 Å². The molecule has 2 heterocycles. The van der Waals surface area contributed by atoms with Crippen LogP contribution in [0.2, 0.25) is 0 Å². The average molecular weight is 309 g/mol. The van der Waals surface area contributed by atoms with Crippen LogP contribution in [0.15, 0.2) is 29.2 Å². The summed E-state index contributed by atoms with van der Waals surface area (Å²) in [5, 5.41) is 3.45. The van der Waals surface area contributed by atoms with Gasteiger partial charge in [-0.3, -0.25) is 0 Å². The van der Waals surface area contributed by atoms with Crippen LogP contribution in [0.3, 0.4) is 0 Å². The zero-order valence-electron chi connectivity index (χ0n) is 12.8. The fraction of sp³-hybridized carbons (Fsp3) is 0.600. The van der Waals surface area contributed by atoms with E-state index in [4.69, 9.17) is 0 Å². The summed E-state index contributed by atoms with van der Waals surface area (Å²) in [5.41, 5.74) is 0.763. The molecular formula is C15H23N3O2S. The van der Waals surface area contributed by atoms with Crippen LogP contribution in [0, 0.1) is 11.8 Å². The van der Waals surface area contributed by atoms with Crippen molar-refractivity contribution in [2.45, 2.75) is 24.3 Å². The number of benzene rings is 1. The van der Waals surface area contributed by atoms with E-state index in [0.29, 0.717) is 16.7 Å². The smallest absolute Gasteiger partial charge is 0.242 e. The predicted molar refractivity (Wildman–Crippen MR) is 84.0 cm³/mol. The first-order valence-electron chi connectivity index (χ1n) is 7.39.